The molecule has 1 atom stereocenters. The van der Waals surface area contributed by atoms with Crippen LogP contribution in [0.25, 0.3) is 27.9 Å². The van der Waals surface area contributed by atoms with Crippen molar-refractivity contribution in [2.45, 2.75) is 46.6 Å². The van der Waals surface area contributed by atoms with Crippen LogP contribution in [-0.2, 0) is 0 Å². The summed E-state index contributed by atoms with van der Waals surface area (Å²) in [5.74, 6) is 1.40. The Morgan fingerprint density at radius 2 is 2.00 bits per heavy atom. The molecule has 5 rings (SSSR count). The van der Waals surface area contributed by atoms with E-state index in [9.17, 15) is 0 Å². The Bertz CT molecular complexity index is 1230. The first-order valence-electron chi connectivity index (χ1n) is 10.8. The summed E-state index contributed by atoms with van der Waals surface area (Å²) < 4.78 is 1.87. The molecule has 1 fully saturated rings. The highest BCUT2D eigenvalue weighted by Gasteiger charge is 2.24. The van der Waals surface area contributed by atoms with Crippen molar-refractivity contribution in [2.75, 3.05) is 24.5 Å². The Labute approximate surface area is 176 Å². The van der Waals surface area contributed by atoms with E-state index in [0.29, 0.717) is 12.0 Å². The molecule has 0 aliphatic carbocycles. The third-order valence-electron chi connectivity index (χ3n) is 6.43. The minimum atomic E-state index is 0.336. The zero-order valence-corrected chi connectivity index (χ0v) is 18.3. The standard InChI is InChI=1S/C23H29N7/c1-13(2)20-21(17-11-30-23(25-12-26-30)16(5)15(17)4)27-18-6-7-19(28-22(18)20)29-9-8-24-10-14(29)3/h6-7,11-14,24,27H,8-10H2,1-5H3/t14-/m1/s1. The number of hydrogen-bond acceptors (Lipinski definition) is 5. The first-order chi connectivity index (χ1) is 14.5. The van der Waals surface area contributed by atoms with Crippen molar-refractivity contribution < 1.29 is 0 Å². The zero-order valence-electron chi connectivity index (χ0n) is 18.3. The number of aromatic nitrogens is 5. The van der Waals surface area contributed by atoms with Gasteiger partial charge in [-0.15, -0.1) is 0 Å². The summed E-state index contributed by atoms with van der Waals surface area (Å²) in [5.41, 5.74) is 8.99. The van der Waals surface area contributed by atoms with E-state index < -0.39 is 0 Å². The van der Waals surface area contributed by atoms with Crippen molar-refractivity contribution in [3.8, 4) is 11.3 Å². The molecule has 0 aromatic carbocycles. The maximum atomic E-state index is 5.15. The quantitative estimate of drug-likeness (QED) is 0.544. The van der Waals surface area contributed by atoms with Gasteiger partial charge in [-0.1, -0.05) is 13.8 Å². The summed E-state index contributed by atoms with van der Waals surface area (Å²) in [6.07, 6.45) is 3.70. The lowest BCUT2D eigenvalue weighted by Gasteiger charge is -2.35. The number of nitrogens with zero attached hydrogens (tertiary/aromatic N) is 5. The third-order valence-corrected chi connectivity index (χ3v) is 6.43. The normalized spacial score (nSPS) is 17.5. The monoisotopic (exact) mass is 403 g/mol. The van der Waals surface area contributed by atoms with E-state index in [1.807, 2.05) is 4.52 Å². The first-order valence-corrected chi connectivity index (χ1v) is 10.8. The second kappa shape index (κ2) is 7.09. The van der Waals surface area contributed by atoms with Crippen LogP contribution in [0.1, 0.15) is 43.4 Å². The van der Waals surface area contributed by atoms with Crippen LogP contribution in [0.2, 0.25) is 0 Å². The molecule has 0 spiro atoms. The van der Waals surface area contributed by atoms with Gasteiger partial charge in [-0.25, -0.2) is 14.5 Å². The molecule has 0 amide bonds. The number of pyridine rings is 2. The average molecular weight is 404 g/mol. The van der Waals surface area contributed by atoms with Crippen LogP contribution in [0.5, 0.6) is 0 Å². The summed E-state index contributed by atoms with van der Waals surface area (Å²) >= 11 is 0. The van der Waals surface area contributed by atoms with Gasteiger partial charge in [0.05, 0.1) is 16.7 Å². The van der Waals surface area contributed by atoms with Crippen molar-refractivity contribution in [1.29, 1.82) is 0 Å². The van der Waals surface area contributed by atoms with E-state index in [1.165, 1.54) is 11.1 Å². The van der Waals surface area contributed by atoms with Crippen LogP contribution in [-0.4, -0.2) is 50.2 Å². The Morgan fingerprint density at radius 1 is 1.17 bits per heavy atom. The van der Waals surface area contributed by atoms with Gasteiger partial charge in [0.15, 0.2) is 5.65 Å². The molecular weight excluding hydrogens is 374 g/mol. The highest BCUT2D eigenvalue weighted by atomic mass is 15.3. The minimum absolute atomic E-state index is 0.336. The molecule has 0 radical (unpaired) electrons. The van der Waals surface area contributed by atoms with E-state index in [-0.39, 0.29) is 0 Å². The van der Waals surface area contributed by atoms with Crippen LogP contribution in [0.3, 0.4) is 0 Å². The van der Waals surface area contributed by atoms with Crippen LogP contribution < -0.4 is 10.2 Å². The summed E-state index contributed by atoms with van der Waals surface area (Å²) in [6, 6.07) is 4.76. The summed E-state index contributed by atoms with van der Waals surface area (Å²) in [6.45, 7) is 14.0. The molecule has 1 aliphatic rings. The van der Waals surface area contributed by atoms with Crippen molar-refractivity contribution in [2.24, 2.45) is 0 Å². The molecule has 4 aromatic rings. The highest BCUT2D eigenvalue weighted by Crippen LogP contribution is 2.38. The van der Waals surface area contributed by atoms with Crippen LogP contribution >= 0.6 is 0 Å². The third kappa shape index (κ3) is 2.88. The summed E-state index contributed by atoms with van der Waals surface area (Å²) in [5, 5.41) is 7.84. The zero-order chi connectivity index (χ0) is 21.0. The Kier molecular flexibility index (Phi) is 4.50. The molecule has 30 heavy (non-hydrogen) atoms. The molecule has 5 heterocycles. The fourth-order valence-corrected chi connectivity index (χ4v) is 4.65. The Morgan fingerprint density at radius 3 is 2.77 bits per heavy atom. The lowest BCUT2D eigenvalue weighted by molar-refractivity contribution is 0.497. The van der Waals surface area contributed by atoms with E-state index >= 15 is 0 Å². The van der Waals surface area contributed by atoms with Crippen molar-refractivity contribution in [1.82, 2.24) is 29.9 Å². The second-order valence-corrected chi connectivity index (χ2v) is 8.70. The number of fused-ring (bicyclic) bond motifs is 2. The largest absolute Gasteiger partial charge is 0.353 e. The molecule has 2 N–H and O–H groups in total. The van der Waals surface area contributed by atoms with Gasteiger partial charge < -0.3 is 15.2 Å². The predicted octanol–water partition coefficient (Wildman–Crippen LogP) is 3.81. The summed E-state index contributed by atoms with van der Waals surface area (Å²) in [7, 11) is 0. The van der Waals surface area contributed by atoms with E-state index in [1.54, 1.807) is 6.33 Å². The fraction of sp³-hybridized carbons (Fsp3) is 0.435. The number of anilines is 1. The number of piperazine rings is 1. The smallest absolute Gasteiger partial charge is 0.158 e. The maximum absolute atomic E-state index is 5.15. The van der Waals surface area contributed by atoms with Crippen molar-refractivity contribution in [3.63, 3.8) is 0 Å². The Balaban J connectivity index is 1.72. The number of aromatic amines is 1. The van der Waals surface area contributed by atoms with Gasteiger partial charge in [0.2, 0.25) is 0 Å². The number of H-pyrrole nitrogens is 1. The SMILES string of the molecule is Cc1c(-c2[nH]c3ccc(N4CCNC[C@H]4C)nc3c2C(C)C)cn2ncnc2c1C. The second-order valence-electron chi connectivity index (χ2n) is 8.70. The molecule has 4 aromatic heterocycles. The van der Waals surface area contributed by atoms with E-state index in [0.717, 1.165) is 59.0 Å². The molecule has 1 aliphatic heterocycles. The van der Waals surface area contributed by atoms with Crippen LogP contribution in [0.15, 0.2) is 24.7 Å². The molecule has 7 heteroatoms. The van der Waals surface area contributed by atoms with Crippen LogP contribution in [0.4, 0.5) is 5.82 Å². The van der Waals surface area contributed by atoms with Gasteiger partial charge in [0.25, 0.3) is 0 Å². The van der Waals surface area contributed by atoms with Gasteiger partial charge in [-0.05, 0) is 49.9 Å². The van der Waals surface area contributed by atoms with Crippen molar-refractivity contribution >= 4 is 22.5 Å². The van der Waals surface area contributed by atoms with Gasteiger partial charge in [0, 0.05) is 43.0 Å². The molecule has 0 unspecified atom stereocenters. The number of hydrogen-bond donors (Lipinski definition) is 2. The molecule has 0 saturated carbocycles. The number of aryl methyl sites for hydroxylation is 1. The van der Waals surface area contributed by atoms with Gasteiger partial charge in [-0.2, -0.15) is 5.10 Å². The topological polar surface area (TPSA) is 74.1 Å². The molecule has 156 valence electrons. The molecule has 1 saturated heterocycles. The molecule has 7 nitrogen and oxygen atoms in total. The number of rotatable bonds is 3. The number of nitrogens with one attached hydrogen (secondary N) is 2. The fourth-order valence-electron chi connectivity index (χ4n) is 4.65. The average Bonchev–Trinajstić information content (AvgIpc) is 3.35. The van der Waals surface area contributed by atoms with E-state index in [2.05, 4.69) is 78.2 Å². The molecule has 0 bridgehead atoms. The van der Waals surface area contributed by atoms with E-state index in [4.69, 9.17) is 4.98 Å². The van der Waals surface area contributed by atoms with Gasteiger partial charge in [-0.3, -0.25) is 0 Å². The predicted molar refractivity (Wildman–Crippen MR) is 121 cm³/mol. The minimum Gasteiger partial charge on any atom is -0.353 e. The lowest BCUT2D eigenvalue weighted by Crippen LogP contribution is -2.50. The van der Waals surface area contributed by atoms with Gasteiger partial charge >= 0.3 is 0 Å². The van der Waals surface area contributed by atoms with Crippen LogP contribution in [0, 0.1) is 13.8 Å². The maximum Gasteiger partial charge on any atom is 0.158 e. The first kappa shape index (κ1) is 19.1. The highest BCUT2D eigenvalue weighted by molar-refractivity contribution is 5.90. The van der Waals surface area contributed by atoms with Gasteiger partial charge in [0.1, 0.15) is 12.1 Å². The molecular formula is C23H29N7. The lowest BCUT2D eigenvalue weighted by atomic mass is 9.95. The Hall–Kier alpha value is -2.93. The van der Waals surface area contributed by atoms with Crippen molar-refractivity contribution in [3.05, 3.63) is 41.3 Å². The summed E-state index contributed by atoms with van der Waals surface area (Å²) in [4.78, 5) is 15.6.